The third-order valence-corrected chi connectivity index (χ3v) is 4.13. The molecule has 0 rings (SSSR count). The van der Waals surface area contributed by atoms with Gasteiger partial charge in [-0.05, 0) is 72.6 Å². The van der Waals surface area contributed by atoms with Gasteiger partial charge in [0.05, 0.1) is 6.61 Å². The molecule has 0 radical (unpaired) electrons. The lowest BCUT2D eigenvalue weighted by Gasteiger charge is -2.11. The number of aliphatic hydroxyl groups is 1. The first-order chi connectivity index (χ1) is 10.4. The van der Waals surface area contributed by atoms with Crippen LogP contribution >= 0.6 is 0 Å². The quantitative estimate of drug-likeness (QED) is 0.465. The molecular weight excluding hydrogens is 268 g/mol. The molecule has 22 heavy (non-hydrogen) atoms. The summed E-state index contributed by atoms with van der Waals surface area (Å²) >= 11 is 0. The summed E-state index contributed by atoms with van der Waals surface area (Å²) < 4.78 is 0. The van der Waals surface area contributed by atoms with Crippen molar-refractivity contribution in [3.63, 3.8) is 0 Å². The maximum atomic E-state index is 8.85. The molecule has 1 atom stereocenters. The monoisotopic (exact) mass is 304 g/mol. The minimum absolute atomic E-state index is 0.155. The van der Waals surface area contributed by atoms with Crippen LogP contribution in [0.25, 0.3) is 0 Å². The van der Waals surface area contributed by atoms with E-state index >= 15 is 0 Å². The van der Waals surface area contributed by atoms with Gasteiger partial charge in [-0.15, -0.1) is 0 Å². The van der Waals surface area contributed by atoms with E-state index in [9.17, 15) is 0 Å². The van der Waals surface area contributed by atoms with Gasteiger partial charge in [-0.1, -0.05) is 53.5 Å². The molecule has 1 heteroatoms. The van der Waals surface area contributed by atoms with E-state index < -0.39 is 0 Å². The number of rotatable bonds is 10. The van der Waals surface area contributed by atoms with Gasteiger partial charge >= 0.3 is 0 Å². The Morgan fingerprint density at radius 2 is 1.36 bits per heavy atom. The molecule has 0 fully saturated rings. The Labute approximate surface area is 138 Å². The van der Waals surface area contributed by atoms with Crippen LogP contribution in [0.2, 0.25) is 0 Å². The molecule has 0 aromatic rings. The van der Waals surface area contributed by atoms with Crippen molar-refractivity contribution in [3.05, 3.63) is 46.6 Å². The SMILES string of the molecule is CC(C)=CCC/C(C)=C/CC(C)C(C)=CCC/C(C)=C/CO. The molecule has 126 valence electrons. The maximum absolute atomic E-state index is 8.85. The second kappa shape index (κ2) is 12.5. The van der Waals surface area contributed by atoms with Gasteiger partial charge in [0.25, 0.3) is 0 Å². The Morgan fingerprint density at radius 3 is 1.91 bits per heavy atom. The summed E-state index contributed by atoms with van der Waals surface area (Å²) in [6, 6.07) is 0. The third-order valence-electron chi connectivity index (χ3n) is 4.13. The van der Waals surface area contributed by atoms with E-state index in [-0.39, 0.29) is 6.61 Å². The zero-order valence-electron chi connectivity index (χ0n) is 15.6. The molecule has 0 saturated heterocycles. The molecule has 0 spiro atoms. The van der Waals surface area contributed by atoms with Crippen molar-refractivity contribution in [3.8, 4) is 0 Å². The van der Waals surface area contributed by atoms with Gasteiger partial charge in [0.15, 0.2) is 0 Å². The van der Waals surface area contributed by atoms with Gasteiger partial charge in [-0.3, -0.25) is 0 Å². The van der Waals surface area contributed by atoms with Crippen molar-refractivity contribution in [2.24, 2.45) is 5.92 Å². The predicted molar refractivity (Wildman–Crippen MR) is 100 cm³/mol. The highest BCUT2D eigenvalue weighted by Crippen LogP contribution is 2.19. The molecule has 0 aliphatic carbocycles. The molecule has 0 aliphatic heterocycles. The van der Waals surface area contributed by atoms with Gasteiger partial charge in [0.1, 0.15) is 0 Å². The summed E-state index contributed by atoms with van der Waals surface area (Å²) in [4.78, 5) is 0. The van der Waals surface area contributed by atoms with Crippen molar-refractivity contribution in [1.82, 2.24) is 0 Å². The zero-order chi connectivity index (χ0) is 17.0. The van der Waals surface area contributed by atoms with Crippen LogP contribution in [0.15, 0.2) is 46.6 Å². The van der Waals surface area contributed by atoms with Crippen LogP contribution in [0.3, 0.4) is 0 Å². The lowest BCUT2D eigenvalue weighted by molar-refractivity contribution is 0.341. The van der Waals surface area contributed by atoms with Crippen LogP contribution in [-0.2, 0) is 0 Å². The first kappa shape index (κ1) is 20.9. The summed E-state index contributed by atoms with van der Waals surface area (Å²) in [7, 11) is 0. The zero-order valence-corrected chi connectivity index (χ0v) is 15.6. The second-order valence-corrected chi connectivity index (χ2v) is 6.73. The summed E-state index contributed by atoms with van der Waals surface area (Å²) in [5.41, 5.74) is 5.66. The highest BCUT2D eigenvalue weighted by Gasteiger charge is 2.02. The van der Waals surface area contributed by atoms with Crippen LogP contribution in [0.5, 0.6) is 0 Å². The average molecular weight is 305 g/mol. The summed E-state index contributed by atoms with van der Waals surface area (Å²) in [6.07, 6.45) is 14.5. The first-order valence-corrected chi connectivity index (χ1v) is 8.59. The average Bonchev–Trinajstić information content (AvgIpc) is 2.44. The van der Waals surface area contributed by atoms with Crippen LogP contribution in [0, 0.1) is 5.92 Å². The van der Waals surface area contributed by atoms with E-state index in [4.69, 9.17) is 5.11 Å². The lowest BCUT2D eigenvalue weighted by atomic mass is 9.95. The number of hydrogen-bond acceptors (Lipinski definition) is 1. The fourth-order valence-electron chi connectivity index (χ4n) is 2.24. The Hall–Kier alpha value is -1.08. The van der Waals surface area contributed by atoms with Crippen LogP contribution in [0.1, 0.15) is 73.6 Å². The largest absolute Gasteiger partial charge is 0.392 e. The van der Waals surface area contributed by atoms with Crippen molar-refractivity contribution in [1.29, 1.82) is 0 Å². The summed E-state index contributed by atoms with van der Waals surface area (Å²) in [5, 5.41) is 8.85. The molecule has 0 heterocycles. The van der Waals surface area contributed by atoms with Crippen molar-refractivity contribution in [2.75, 3.05) is 6.61 Å². The minimum Gasteiger partial charge on any atom is -0.392 e. The maximum Gasteiger partial charge on any atom is 0.0614 e. The van der Waals surface area contributed by atoms with Crippen molar-refractivity contribution < 1.29 is 5.11 Å². The Balaban J connectivity index is 4.20. The van der Waals surface area contributed by atoms with Gasteiger partial charge < -0.3 is 5.11 Å². The molecule has 0 aliphatic rings. The first-order valence-electron chi connectivity index (χ1n) is 8.59. The molecule has 0 bridgehead atoms. The topological polar surface area (TPSA) is 20.2 Å². The molecule has 0 aromatic heterocycles. The van der Waals surface area contributed by atoms with Gasteiger partial charge in [0, 0.05) is 0 Å². The smallest absolute Gasteiger partial charge is 0.0614 e. The van der Waals surface area contributed by atoms with E-state index in [1.165, 1.54) is 28.7 Å². The highest BCUT2D eigenvalue weighted by atomic mass is 16.2. The molecule has 0 saturated carbocycles. The van der Waals surface area contributed by atoms with Gasteiger partial charge in [-0.25, -0.2) is 0 Å². The normalized spacial score (nSPS) is 15.0. The Morgan fingerprint density at radius 1 is 0.818 bits per heavy atom. The molecule has 0 amide bonds. The minimum atomic E-state index is 0.155. The Bertz CT molecular complexity index is 417. The van der Waals surface area contributed by atoms with Gasteiger partial charge in [0.2, 0.25) is 0 Å². The Kier molecular flexibility index (Phi) is 11.9. The van der Waals surface area contributed by atoms with E-state index in [2.05, 4.69) is 59.8 Å². The van der Waals surface area contributed by atoms with E-state index in [0.717, 1.165) is 25.7 Å². The van der Waals surface area contributed by atoms with E-state index in [0.29, 0.717) is 5.92 Å². The fraction of sp³-hybridized carbons (Fsp3) is 0.619. The number of hydrogen-bond donors (Lipinski definition) is 1. The second-order valence-electron chi connectivity index (χ2n) is 6.73. The summed E-state index contributed by atoms with van der Waals surface area (Å²) in [5.74, 6) is 0.612. The summed E-state index contributed by atoms with van der Waals surface area (Å²) in [6.45, 7) is 13.3. The van der Waals surface area contributed by atoms with Gasteiger partial charge in [-0.2, -0.15) is 0 Å². The molecule has 1 unspecified atom stereocenters. The molecule has 1 nitrogen and oxygen atoms in total. The van der Waals surface area contributed by atoms with Crippen molar-refractivity contribution >= 4 is 0 Å². The van der Waals surface area contributed by atoms with Crippen LogP contribution < -0.4 is 0 Å². The molecule has 1 N–H and O–H groups in total. The highest BCUT2D eigenvalue weighted by molar-refractivity contribution is 5.09. The molecular formula is C21H36O. The standard InChI is InChI=1S/C21H36O/c1-17(2)9-7-10-18(3)13-14-21(6)20(5)12-8-11-19(4)15-16-22/h9,12-13,15,21-22H,7-8,10-11,14,16H2,1-6H3/b18-13+,19-15+,20-12?. The van der Waals surface area contributed by atoms with Crippen molar-refractivity contribution in [2.45, 2.75) is 73.6 Å². The van der Waals surface area contributed by atoms with E-state index in [1.807, 2.05) is 6.08 Å². The predicted octanol–water partition coefficient (Wildman–Crippen LogP) is 6.37. The fourth-order valence-corrected chi connectivity index (χ4v) is 2.24. The third kappa shape index (κ3) is 11.6. The van der Waals surface area contributed by atoms with Crippen LogP contribution in [0.4, 0.5) is 0 Å². The lowest BCUT2D eigenvalue weighted by Crippen LogP contribution is -1.95. The molecule has 0 aromatic carbocycles. The van der Waals surface area contributed by atoms with E-state index in [1.54, 1.807) is 0 Å². The number of aliphatic hydroxyl groups excluding tert-OH is 1. The number of allylic oxidation sites excluding steroid dienone is 7. The van der Waals surface area contributed by atoms with Crippen LogP contribution in [-0.4, -0.2) is 11.7 Å².